The topological polar surface area (TPSA) is 71.4 Å². The van der Waals surface area contributed by atoms with Crippen LogP contribution in [0.15, 0.2) is 30.3 Å². The molecular formula is C24H29N3O3. The van der Waals surface area contributed by atoms with Gasteiger partial charge in [0.05, 0.1) is 6.54 Å². The standard InChI is InChI=1S/C24H29N3O3/c1-15(2)27-16(3)13-19(17(27)4)21(28)14-26-22(29)24(25-23(26)30)12-8-7-10-18-9-5-6-11-20(18)24/h5-6,9,11,13,15H,7-8,10,12,14H2,1-4H3,(H,25,30)/t24-/m0/s1. The fraction of sp³-hybridized carbons (Fsp3) is 0.458. The normalized spacial score (nSPS) is 21.2. The minimum Gasteiger partial charge on any atom is -0.346 e. The average Bonchev–Trinajstić information content (AvgIpc) is 3.04. The summed E-state index contributed by atoms with van der Waals surface area (Å²) >= 11 is 0. The van der Waals surface area contributed by atoms with Crippen LogP contribution in [0.4, 0.5) is 4.79 Å². The van der Waals surface area contributed by atoms with E-state index in [2.05, 4.69) is 23.7 Å². The minimum absolute atomic E-state index is 0.211. The van der Waals surface area contributed by atoms with Crippen LogP contribution in [0, 0.1) is 13.8 Å². The Kier molecular flexibility index (Phi) is 5.04. The molecule has 1 atom stereocenters. The van der Waals surface area contributed by atoms with Gasteiger partial charge in [0.2, 0.25) is 0 Å². The van der Waals surface area contributed by atoms with E-state index in [0.717, 1.165) is 46.7 Å². The van der Waals surface area contributed by atoms with Gasteiger partial charge >= 0.3 is 6.03 Å². The highest BCUT2D eigenvalue weighted by molar-refractivity contribution is 6.11. The zero-order chi connectivity index (χ0) is 21.6. The van der Waals surface area contributed by atoms with Crippen molar-refractivity contribution in [3.05, 3.63) is 58.4 Å². The third-order valence-electron chi connectivity index (χ3n) is 6.50. The summed E-state index contributed by atoms with van der Waals surface area (Å²) in [6.07, 6.45) is 3.27. The number of carbonyl (C=O) groups is 3. The van der Waals surface area contributed by atoms with Gasteiger partial charge in [-0.15, -0.1) is 0 Å². The van der Waals surface area contributed by atoms with E-state index in [9.17, 15) is 14.4 Å². The number of Topliss-reactive ketones (excluding diaryl/α,β-unsaturated/α-hetero) is 1. The van der Waals surface area contributed by atoms with Crippen molar-refractivity contribution < 1.29 is 14.4 Å². The van der Waals surface area contributed by atoms with Crippen molar-refractivity contribution in [2.24, 2.45) is 0 Å². The van der Waals surface area contributed by atoms with Gasteiger partial charge in [-0.3, -0.25) is 14.5 Å². The molecule has 1 spiro atoms. The van der Waals surface area contributed by atoms with Crippen LogP contribution in [0.2, 0.25) is 0 Å². The number of aryl methyl sites for hydroxylation is 2. The Bertz CT molecular complexity index is 1040. The van der Waals surface area contributed by atoms with Gasteiger partial charge in [0.15, 0.2) is 5.78 Å². The largest absolute Gasteiger partial charge is 0.346 e. The molecule has 1 saturated heterocycles. The fourth-order valence-corrected chi connectivity index (χ4v) is 5.20. The van der Waals surface area contributed by atoms with E-state index in [1.165, 1.54) is 0 Å². The molecule has 1 fully saturated rings. The number of benzene rings is 1. The Balaban J connectivity index is 1.65. The van der Waals surface area contributed by atoms with Crippen molar-refractivity contribution >= 4 is 17.7 Å². The van der Waals surface area contributed by atoms with Crippen molar-refractivity contribution in [3.63, 3.8) is 0 Å². The van der Waals surface area contributed by atoms with Crippen molar-refractivity contribution in [3.8, 4) is 0 Å². The van der Waals surface area contributed by atoms with Gasteiger partial charge in [-0.2, -0.15) is 0 Å². The zero-order valence-corrected chi connectivity index (χ0v) is 18.1. The summed E-state index contributed by atoms with van der Waals surface area (Å²) in [6.45, 7) is 7.78. The van der Waals surface area contributed by atoms with Crippen LogP contribution in [-0.2, 0) is 16.8 Å². The minimum atomic E-state index is -1.06. The molecule has 6 nitrogen and oxygen atoms in total. The number of amides is 3. The molecule has 0 radical (unpaired) electrons. The first-order valence-corrected chi connectivity index (χ1v) is 10.7. The number of ketones is 1. The van der Waals surface area contributed by atoms with E-state index < -0.39 is 11.6 Å². The lowest BCUT2D eigenvalue weighted by Crippen LogP contribution is -2.44. The van der Waals surface area contributed by atoms with Crippen LogP contribution in [-0.4, -0.2) is 33.7 Å². The molecule has 158 valence electrons. The quantitative estimate of drug-likeness (QED) is 0.614. The second-order valence-electron chi connectivity index (χ2n) is 8.76. The maximum Gasteiger partial charge on any atom is 0.325 e. The van der Waals surface area contributed by atoms with Crippen LogP contribution >= 0.6 is 0 Å². The smallest absolute Gasteiger partial charge is 0.325 e. The molecule has 3 amide bonds. The number of aromatic nitrogens is 1. The number of imide groups is 1. The number of carbonyl (C=O) groups excluding carboxylic acids is 3. The van der Waals surface area contributed by atoms with E-state index in [4.69, 9.17) is 0 Å². The van der Waals surface area contributed by atoms with E-state index in [-0.39, 0.29) is 24.3 Å². The highest BCUT2D eigenvalue weighted by atomic mass is 16.2. The number of nitrogens with one attached hydrogen (secondary N) is 1. The first-order chi connectivity index (χ1) is 14.3. The molecule has 1 aromatic carbocycles. The lowest BCUT2D eigenvalue weighted by molar-refractivity contribution is -0.131. The number of rotatable bonds is 4. The summed E-state index contributed by atoms with van der Waals surface area (Å²) in [4.78, 5) is 40.6. The average molecular weight is 408 g/mol. The zero-order valence-electron chi connectivity index (χ0n) is 18.1. The molecule has 30 heavy (non-hydrogen) atoms. The Morgan fingerprint density at radius 2 is 1.90 bits per heavy atom. The van der Waals surface area contributed by atoms with E-state index in [1.807, 2.05) is 44.2 Å². The highest BCUT2D eigenvalue weighted by Crippen LogP contribution is 2.39. The summed E-state index contributed by atoms with van der Waals surface area (Å²) in [5.41, 5.74) is 3.35. The van der Waals surface area contributed by atoms with Crippen molar-refractivity contribution in [2.45, 2.75) is 65.0 Å². The lowest BCUT2D eigenvalue weighted by atomic mass is 9.84. The Morgan fingerprint density at radius 3 is 2.60 bits per heavy atom. The van der Waals surface area contributed by atoms with E-state index in [0.29, 0.717) is 12.0 Å². The highest BCUT2D eigenvalue weighted by Gasteiger charge is 2.53. The SMILES string of the molecule is Cc1cc(C(=O)CN2C(=O)N[C@]3(CCCCc4ccccc43)C2=O)c(C)n1C(C)C. The van der Waals surface area contributed by atoms with Crippen LogP contribution in [0.25, 0.3) is 0 Å². The van der Waals surface area contributed by atoms with Gasteiger partial charge in [0, 0.05) is 23.0 Å². The number of urea groups is 1. The third-order valence-corrected chi connectivity index (χ3v) is 6.50. The van der Waals surface area contributed by atoms with Crippen LogP contribution in [0.3, 0.4) is 0 Å². The summed E-state index contributed by atoms with van der Waals surface area (Å²) in [7, 11) is 0. The maximum absolute atomic E-state index is 13.5. The van der Waals surface area contributed by atoms with Gasteiger partial charge in [-0.25, -0.2) is 4.79 Å². The molecule has 6 heteroatoms. The molecular weight excluding hydrogens is 378 g/mol. The Labute approximate surface area is 177 Å². The molecule has 2 heterocycles. The van der Waals surface area contributed by atoms with E-state index >= 15 is 0 Å². The predicted molar refractivity (Wildman–Crippen MR) is 115 cm³/mol. The Morgan fingerprint density at radius 1 is 1.17 bits per heavy atom. The maximum atomic E-state index is 13.5. The lowest BCUT2D eigenvalue weighted by Gasteiger charge is -2.27. The van der Waals surface area contributed by atoms with Gasteiger partial charge in [-0.05, 0) is 70.6 Å². The molecule has 4 rings (SSSR count). The third kappa shape index (κ3) is 3.06. The fourth-order valence-electron chi connectivity index (χ4n) is 5.20. The van der Waals surface area contributed by atoms with Gasteiger partial charge < -0.3 is 9.88 Å². The summed E-state index contributed by atoms with van der Waals surface area (Å²) in [5.74, 6) is -0.523. The first-order valence-electron chi connectivity index (χ1n) is 10.7. The van der Waals surface area contributed by atoms with Crippen molar-refractivity contribution in [1.82, 2.24) is 14.8 Å². The Hall–Kier alpha value is -2.89. The molecule has 1 aliphatic heterocycles. The van der Waals surface area contributed by atoms with Crippen LogP contribution in [0.1, 0.15) is 72.0 Å². The number of nitrogens with zero attached hydrogens (tertiary/aromatic N) is 2. The number of fused-ring (bicyclic) bond motifs is 2. The molecule has 1 N–H and O–H groups in total. The van der Waals surface area contributed by atoms with Gasteiger partial charge in [0.25, 0.3) is 5.91 Å². The van der Waals surface area contributed by atoms with Crippen molar-refractivity contribution in [1.29, 1.82) is 0 Å². The number of hydrogen-bond acceptors (Lipinski definition) is 3. The van der Waals surface area contributed by atoms with Crippen LogP contribution < -0.4 is 5.32 Å². The van der Waals surface area contributed by atoms with Gasteiger partial charge in [0.1, 0.15) is 5.54 Å². The van der Waals surface area contributed by atoms with Crippen LogP contribution in [0.5, 0.6) is 0 Å². The molecule has 0 bridgehead atoms. The summed E-state index contributed by atoms with van der Waals surface area (Å²) in [5, 5.41) is 2.95. The van der Waals surface area contributed by atoms with Gasteiger partial charge in [-0.1, -0.05) is 24.3 Å². The molecule has 1 aromatic heterocycles. The second kappa shape index (κ2) is 7.42. The van der Waals surface area contributed by atoms with Crippen molar-refractivity contribution in [2.75, 3.05) is 6.54 Å². The molecule has 2 aliphatic rings. The molecule has 0 unspecified atom stereocenters. The van der Waals surface area contributed by atoms with E-state index in [1.54, 1.807) is 0 Å². The monoisotopic (exact) mass is 407 g/mol. The number of hydrogen-bond donors (Lipinski definition) is 1. The molecule has 2 aromatic rings. The first kappa shape index (κ1) is 20.4. The molecule has 0 saturated carbocycles. The molecule has 1 aliphatic carbocycles. The summed E-state index contributed by atoms with van der Waals surface area (Å²) in [6, 6.07) is 9.42. The predicted octanol–water partition coefficient (Wildman–Crippen LogP) is 4.04. The second-order valence-corrected chi connectivity index (χ2v) is 8.76. The summed E-state index contributed by atoms with van der Waals surface area (Å²) < 4.78 is 2.10.